The van der Waals surface area contributed by atoms with Gasteiger partial charge in [0.15, 0.2) is 0 Å². The molecule has 2 aliphatic rings. The maximum Gasteiger partial charge on any atom is 0.144 e. The molecule has 0 aromatic carbocycles. The molecule has 0 aromatic heterocycles. The lowest BCUT2D eigenvalue weighted by Crippen LogP contribution is -2.34. The Morgan fingerprint density at radius 2 is 2.00 bits per heavy atom. The van der Waals surface area contributed by atoms with Crippen molar-refractivity contribution >= 4 is 5.84 Å². The molecule has 0 aliphatic heterocycles. The molecule has 2 fully saturated rings. The first-order valence-electron chi connectivity index (χ1n) is 7.25. The summed E-state index contributed by atoms with van der Waals surface area (Å²) >= 11 is 0. The van der Waals surface area contributed by atoms with Crippen LogP contribution in [0.4, 0.5) is 0 Å². The Morgan fingerprint density at radius 1 is 1.33 bits per heavy atom. The highest BCUT2D eigenvalue weighted by Gasteiger charge is 2.33. The van der Waals surface area contributed by atoms with Crippen LogP contribution in [0.2, 0.25) is 0 Å². The molecule has 0 saturated heterocycles. The predicted octanol–water partition coefficient (Wildman–Crippen LogP) is 2.41. The van der Waals surface area contributed by atoms with Gasteiger partial charge in [-0.2, -0.15) is 0 Å². The second-order valence-electron chi connectivity index (χ2n) is 6.64. The third-order valence-electron chi connectivity index (χ3n) is 4.30. The molecular weight excluding hydrogens is 226 g/mol. The summed E-state index contributed by atoms with van der Waals surface area (Å²) in [5.41, 5.74) is 5.53. The van der Waals surface area contributed by atoms with Crippen molar-refractivity contribution in [2.75, 3.05) is 13.1 Å². The molecule has 0 unspecified atom stereocenters. The van der Waals surface area contributed by atoms with Gasteiger partial charge in [-0.05, 0) is 51.0 Å². The van der Waals surface area contributed by atoms with Gasteiger partial charge in [-0.3, -0.25) is 0 Å². The van der Waals surface area contributed by atoms with E-state index in [0.29, 0.717) is 5.84 Å². The Bertz CT molecular complexity index is 306. The molecule has 0 radical (unpaired) electrons. The van der Waals surface area contributed by atoms with Gasteiger partial charge in [-0.1, -0.05) is 19.0 Å². The summed E-state index contributed by atoms with van der Waals surface area (Å²) in [6.45, 7) is 6.56. The molecule has 2 rings (SSSR count). The maximum absolute atomic E-state index is 8.76. The van der Waals surface area contributed by atoms with Gasteiger partial charge in [-0.15, -0.1) is 0 Å². The van der Waals surface area contributed by atoms with Crippen molar-refractivity contribution in [1.82, 2.24) is 4.90 Å². The molecule has 2 saturated carbocycles. The third kappa shape index (κ3) is 3.87. The first-order chi connectivity index (χ1) is 8.53. The highest BCUT2D eigenvalue weighted by Crippen LogP contribution is 2.35. The lowest BCUT2D eigenvalue weighted by Gasteiger charge is -2.26. The third-order valence-corrected chi connectivity index (χ3v) is 4.30. The molecule has 0 atom stereocenters. The van der Waals surface area contributed by atoms with Gasteiger partial charge in [0.2, 0.25) is 0 Å². The zero-order chi connectivity index (χ0) is 13.2. The predicted molar refractivity (Wildman–Crippen MR) is 73.7 cm³/mol. The fourth-order valence-corrected chi connectivity index (χ4v) is 2.48. The summed E-state index contributed by atoms with van der Waals surface area (Å²) in [5, 5.41) is 11.9. The molecule has 4 heteroatoms. The van der Waals surface area contributed by atoms with Crippen LogP contribution in [0, 0.1) is 11.3 Å². The van der Waals surface area contributed by atoms with Crippen LogP contribution in [-0.2, 0) is 0 Å². The van der Waals surface area contributed by atoms with Gasteiger partial charge >= 0.3 is 0 Å². The highest BCUT2D eigenvalue weighted by atomic mass is 16.4. The lowest BCUT2D eigenvalue weighted by molar-refractivity contribution is 0.237. The van der Waals surface area contributed by atoms with E-state index in [-0.39, 0.29) is 5.41 Å². The van der Waals surface area contributed by atoms with E-state index in [4.69, 9.17) is 10.9 Å². The number of oxime groups is 1. The molecule has 0 spiro atoms. The number of amidine groups is 1. The number of nitrogens with two attached hydrogens (primary N) is 1. The first kappa shape index (κ1) is 13.7. The largest absolute Gasteiger partial charge is 0.409 e. The molecule has 104 valence electrons. The fourth-order valence-electron chi connectivity index (χ4n) is 2.48. The van der Waals surface area contributed by atoms with Gasteiger partial charge in [0.05, 0.1) is 0 Å². The van der Waals surface area contributed by atoms with Crippen LogP contribution in [0.5, 0.6) is 0 Å². The minimum absolute atomic E-state index is 0.191. The first-order valence-corrected chi connectivity index (χ1v) is 7.25. The Morgan fingerprint density at radius 3 is 2.50 bits per heavy atom. The van der Waals surface area contributed by atoms with E-state index in [9.17, 15) is 0 Å². The summed E-state index contributed by atoms with van der Waals surface area (Å²) < 4.78 is 0. The summed E-state index contributed by atoms with van der Waals surface area (Å²) in [6.07, 6.45) is 7.74. The van der Waals surface area contributed by atoms with Crippen LogP contribution in [0.1, 0.15) is 52.4 Å². The van der Waals surface area contributed by atoms with Gasteiger partial charge in [-0.25, -0.2) is 0 Å². The van der Waals surface area contributed by atoms with Crippen LogP contribution in [0.3, 0.4) is 0 Å². The van der Waals surface area contributed by atoms with E-state index >= 15 is 0 Å². The summed E-state index contributed by atoms with van der Waals surface area (Å²) in [6, 6.07) is 0.859. The van der Waals surface area contributed by atoms with Gasteiger partial charge in [0.1, 0.15) is 5.84 Å². The fraction of sp³-hybridized carbons (Fsp3) is 0.929. The van der Waals surface area contributed by atoms with Crippen molar-refractivity contribution in [2.24, 2.45) is 22.2 Å². The Kier molecular flexibility index (Phi) is 4.15. The molecule has 18 heavy (non-hydrogen) atoms. The van der Waals surface area contributed by atoms with Gasteiger partial charge in [0.25, 0.3) is 0 Å². The molecular formula is C14H27N3O. The van der Waals surface area contributed by atoms with Gasteiger partial charge < -0.3 is 15.8 Å². The van der Waals surface area contributed by atoms with Crippen molar-refractivity contribution < 1.29 is 5.21 Å². The second-order valence-corrected chi connectivity index (χ2v) is 6.64. The highest BCUT2D eigenvalue weighted by molar-refractivity contribution is 5.85. The summed E-state index contributed by atoms with van der Waals surface area (Å²) in [7, 11) is 0. The van der Waals surface area contributed by atoms with Crippen LogP contribution in [-0.4, -0.2) is 35.1 Å². The Hall–Kier alpha value is -0.770. The number of rotatable bonds is 8. The minimum atomic E-state index is -0.191. The standard InChI is InChI=1S/C14H27N3O/c1-14(2,13(15)16-18)8-3-9-17(12-6-7-12)10-11-4-5-11/h11-12,18H,3-10H2,1-2H3,(H2,15,16). The van der Waals surface area contributed by atoms with Crippen molar-refractivity contribution in [3.8, 4) is 0 Å². The smallest absolute Gasteiger partial charge is 0.144 e. The normalized spacial score (nSPS) is 21.6. The zero-order valence-electron chi connectivity index (χ0n) is 11.7. The van der Waals surface area contributed by atoms with E-state index in [1.165, 1.54) is 38.8 Å². The minimum Gasteiger partial charge on any atom is -0.409 e. The quantitative estimate of drug-likeness (QED) is 0.302. The topological polar surface area (TPSA) is 61.8 Å². The van der Waals surface area contributed by atoms with Gasteiger partial charge in [0, 0.05) is 18.0 Å². The van der Waals surface area contributed by atoms with Crippen molar-refractivity contribution in [1.29, 1.82) is 0 Å². The lowest BCUT2D eigenvalue weighted by atomic mass is 9.86. The van der Waals surface area contributed by atoms with Crippen LogP contribution in [0.25, 0.3) is 0 Å². The average Bonchev–Trinajstić information content (AvgIpc) is 3.17. The summed E-state index contributed by atoms with van der Waals surface area (Å²) in [5.74, 6) is 1.32. The molecule has 2 aliphatic carbocycles. The number of hydrogen-bond acceptors (Lipinski definition) is 3. The molecule has 0 bridgehead atoms. The molecule has 0 aromatic rings. The SMILES string of the molecule is CC(C)(CCCN(CC1CC1)C1CC1)C(N)=NO. The van der Waals surface area contributed by atoms with Crippen LogP contribution >= 0.6 is 0 Å². The molecule has 4 nitrogen and oxygen atoms in total. The van der Waals surface area contributed by atoms with Crippen LogP contribution < -0.4 is 5.73 Å². The molecule has 3 N–H and O–H groups in total. The number of nitrogens with zero attached hydrogens (tertiary/aromatic N) is 2. The second kappa shape index (κ2) is 5.47. The monoisotopic (exact) mass is 253 g/mol. The molecule has 0 heterocycles. The zero-order valence-corrected chi connectivity index (χ0v) is 11.7. The van der Waals surface area contributed by atoms with E-state index in [2.05, 4.69) is 10.1 Å². The van der Waals surface area contributed by atoms with Crippen molar-refractivity contribution in [3.63, 3.8) is 0 Å². The maximum atomic E-state index is 8.76. The van der Waals surface area contributed by atoms with E-state index < -0.39 is 0 Å². The van der Waals surface area contributed by atoms with Crippen molar-refractivity contribution in [2.45, 2.75) is 58.4 Å². The van der Waals surface area contributed by atoms with Crippen LogP contribution in [0.15, 0.2) is 5.16 Å². The Balaban J connectivity index is 1.72. The van der Waals surface area contributed by atoms with Crippen molar-refractivity contribution in [3.05, 3.63) is 0 Å². The van der Waals surface area contributed by atoms with E-state index in [1.54, 1.807) is 0 Å². The number of hydrogen-bond donors (Lipinski definition) is 2. The molecule has 0 amide bonds. The summed E-state index contributed by atoms with van der Waals surface area (Å²) in [4.78, 5) is 2.67. The average molecular weight is 253 g/mol. The Labute approximate surface area is 110 Å². The van der Waals surface area contributed by atoms with E-state index in [0.717, 1.165) is 24.8 Å². The van der Waals surface area contributed by atoms with E-state index in [1.807, 2.05) is 13.8 Å².